The first-order valence-corrected chi connectivity index (χ1v) is 8.25. The summed E-state index contributed by atoms with van der Waals surface area (Å²) in [5.74, 6) is -0.452. The predicted octanol–water partition coefficient (Wildman–Crippen LogP) is 1.46. The van der Waals surface area contributed by atoms with Gasteiger partial charge in [0.2, 0.25) is 5.91 Å². The van der Waals surface area contributed by atoms with Gasteiger partial charge in [-0.2, -0.15) is 0 Å². The molecule has 0 saturated carbocycles. The number of methoxy groups -OCH3 is 1. The Morgan fingerprint density at radius 1 is 1.36 bits per heavy atom. The molecule has 3 unspecified atom stereocenters. The number of rotatable bonds is 4. The predicted molar refractivity (Wildman–Crippen MR) is 97.3 cm³/mol. The molecule has 7 nitrogen and oxygen atoms in total. The Morgan fingerprint density at radius 3 is 2.64 bits per heavy atom. The van der Waals surface area contributed by atoms with Crippen LogP contribution < -0.4 is 17.6 Å². The zero-order valence-electron chi connectivity index (χ0n) is 15.1. The molecule has 1 aromatic heterocycles. The summed E-state index contributed by atoms with van der Waals surface area (Å²) in [6.07, 6.45) is 8.55. The average Bonchev–Trinajstić information content (AvgIpc) is 3.05. The second kappa shape index (κ2) is 9.05. The van der Waals surface area contributed by atoms with Gasteiger partial charge in [-0.25, -0.2) is 0 Å². The fourth-order valence-corrected chi connectivity index (χ4v) is 3.93. The lowest BCUT2D eigenvalue weighted by Gasteiger charge is -2.47. The Bertz CT molecular complexity index is 581. The minimum absolute atomic E-state index is 0. The van der Waals surface area contributed by atoms with E-state index in [1.54, 1.807) is 6.20 Å². The Balaban J connectivity index is 0.00000101. The zero-order chi connectivity index (χ0) is 17.6. The van der Waals surface area contributed by atoms with Crippen molar-refractivity contribution in [3.63, 3.8) is 0 Å². The number of ether oxygens (including phenoxy) is 2. The van der Waals surface area contributed by atoms with Gasteiger partial charge in [-0.3, -0.25) is 9.78 Å². The molecular weight excluding hydrogens is 320 g/mol. The Kier molecular flexibility index (Phi) is 7.69. The van der Waals surface area contributed by atoms with Gasteiger partial charge in [0, 0.05) is 25.6 Å². The SMILES string of the molecule is CN.COC(C(N)=O)C1(c2ccccn2)CCOC2(C=CCC2)C1.N. The first-order valence-electron chi connectivity index (χ1n) is 8.25. The molecule has 0 bridgehead atoms. The van der Waals surface area contributed by atoms with Crippen LogP contribution in [0.4, 0.5) is 0 Å². The number of aromatic nitrogens is 1. The van der Waals surface area contributed by atoms with Crippen LogP contribution in [0.5, 0.6) is 0 Å². The largest absolute Gasteiger partial charge is 0.371 e. The summed E-state index contributed by atoms with van der Waals surface area (Å²) in [6, 6.07) is 5.75. The van der Waals surface area contributed by atoms with Gasteiger partial charge in [0.15, 0.2) is 0 Å². The van der Waals surface area contributed by atoms with Crippen LogP contribution in [0.15, 0.2) is 36.5 Å². The van der Waals surface area contributed by atoms with Crippen LogP contribution >= 0.6 is 0 Å². The molecule has 25 heavy (non-hydrogen) atoms. The molecule has 2 heterocycles. The number of nitrogens with zero attached hydrogens (tertiary/aromatic N) is 1. The highest BCUT2D eigenvalue weighted by molar-refractivity contribution is 5.81. The Morgan fingerprint density at radius 2 is 2.12 bits per heavy atom. The molecule has 7 N–H and O–H groups in total. The molecule has 3 atom stereocenters. The van der Waals surface area contributed by atoms with E-state index in [4.69, 9.17) is 15.2 Å². The fraction of sp³-hybridized carbons (Fsp3) is 0.556. The number of carbonyl (C=O) groups is 1. The minimum atomic E-state index is -0.711. The second-order valence-corrected chi connectivity index (χ2v) is 6.17. The summed E-state index contributed by atoms with van der Waals surface area (Å²) < 4.78 is 11.6. The molecule has 7 heteroatoms. The summed E-state index contributed by atoms with van der Waals surface area (Å²) in [5, 5.41) is 0. The van der Waals surface area contributed by atoms with E-state index < -0.39 is 17.4 Å². The number of carbonyl (C=O) groups excluding carboxylic acids is 1. The van der Waals surface area contributed by atoms with E-state index in [0.29, 0.717) is 19.4 Å². The molecule has 1 amide bonds. The van der Waals surface area contributed by atoms with E-state index in [-0.39, 0.29) is 11.8 Å². The maximum absolute atomic E-state index is 12.0. The first kappa shape index (κ1) is 21.2. The highest BCUT2D eigenvalue weighted by atomic mass is 16.5. The molecule has 1 aliphatic heterocycles. The zero-order valence-corrected chi connectivity index (χ0v) is 15.1. The smallest absolute Gasteiger partial charge is 0.247 e. The lowest BCUT2D eigenvalue weighted by Crippen LogP contribution is -2.56. The monoisotopic (exact) mass is 350 g/mol. The van der Waals surface area contributed by atoms with Crippen molar-refractivity contribution in [1.29, 1.82) is 0 Å². The summed E-state index contributed by atoms with van der Waals surface area (Å²) in [4.78, 5) is 16.5. The van der Waals surface area contributed by atoms with Crippen LogP contribution in [0.25, 0.3) is 0 Å². The van der Waals surface area contributed by atoms with Crippen molar-refractivity contribution in [3.8, 4) is 0 Å². The third-order valence-corrected chi connectivity index (χ3v) is 4.88. The number of amides is 1. The van der Waals surface area contributed by atoms with Crippen molar-refractivity contribution in [2.45, 2.75) is 42.8 Å². The quantitative estimate of drug-likeness (QED) is 0.703. The van der Waals surface area contributed by atoms with Crippen molar-refractivity contribution in [2.75, 3.05) is 20.8 Å². The number of primary amides is 1. The molecule has 140 valence electrons. The molecule has 1 aromatic rings. The highest BCUT2D eigenvalue weighted by Crippen LogP contribution is 2.48. The van der Waals surface area contributed by atoms with Crippen LogP contribution in [-0.2, 0) is 19.7 Å². The van der Waals surface area contributed by atoms with Crippen LogP contribution in [0, 0.1) is 0 Å². The van der Waals surface area contributed by atoms with Crippen molar-refractivity contribution in [2.24, 2.45) is 11.5 Å². The Labute approximate surface area is 149 Å². The van der Waals surface area contributed by atoms with Gasteiger partial charge >= 0.3 is 0 Å². The molecule has 0 radical (unpaired) electrons. The van der Waals surface area contributed by atoms with E-state index in [1.807, 2.05) is 18.2 Å². The second-order valence-electron chi connectivity index (χ2n) is 6.17. The summed E-state index contributed by atoms with van der Waals surface area (Å²) >= 11 is 0. The highest BCUT2D eigenvalue weighted by Gasteiger charge is 2.53. The third-order valence-electron chi connectivity index (χ3n) is 4.88. The molecule has 1 aliphatic carbocycles. The minimum Gasteiger partial charge on any atom is -0.371 e. The van der Waals surface area contributed by atoms with Gasteiger partial charge < -0.3 is 27.1 Å². The summed E-state index contributed by atoms with van der Waals surface area (Å²) in [6.45, 7) is 0.564. The maximum atomic E-state index is 12.0. The van der Waals surface area contributed by atoms with E-state index in [0.717, 1.165) is 18.5 Å². The Hall–Kier alpha value is -1.80. The number of hydrogen-bond acceptors (Lipinski definition) is 6. The first-order chi connectivity index (χ1) is 11.6. The van der Waals surface area contributed by atoms with Gasteiger partial charge in [0.1, 0.15) is 6.10 Å². The molecule has 1 spiro atoms. The number of allylic oxidation sites excluding steroid dienone is 1. The van der Waals surface area contributed by atoms with Gasteiger partial charge in [-0.05, 0) is 44.9 Å². The van der Waals surface area contributed by atoms with Crippen molar-refractivity contribution < 1.29 is 14.3 Å². The molecular formula is C18H30N4O3. The van der Waals surface area contributed by atoms with Gasteiger partial charge in [0.05, 0.1) is 11.0 Å². The van der Waals surface area contributed by atoms with Crippen molar-refractivity contribution in [3.05, 3.63) is 42.2 Å². The van der Waals surface area contributed by atoms with Crippen LogP contribution in [0.3, 0.4) is 0 Å². The fourth-order valence-electron chi connectivity index (χ4n) is 3.93. The van der Waals surface area contributed by atoms with E-state index in [1.165, 1.54) is 14.2 Å². The van der Waals surface area contributed by atoms with Crippen LogP contribution in [0.1, 0.15) is 31.4 Å². The number of pyridine rings is 1. The molecule has 3 rings (SSSR count). The molecule has 1 saturated heterocycles. The van der Waals surface area contributed by atoms with E-state index in [9.17, 15) is 4.79 Å². The normalized spacial score (nSPS) is 28.6. The van der Waals surface area contributed by atoms with Gasteiger partial charge in [0.25, 0.3) is 0 Å². The van der Waals surface area contributed by atoms with Crippen LogP contribution in [0.2, 0.25) is 0 Å². The lowest BCUT2D eigenvalue weighted by molar-refractivity contribution is -0.144. The average molecular weight is 350 g/mol. The number of hydrogen-bond donors (Lipinski definition) is 3. The van der Waals surface area contributed by atoms with E-state index >= 15 is 0 Å². The third kappa shape index (κ3) is 4.07. The molecule has 2 aliphatic rings. The molecule has 0 aromatic carbocycles. The summed E-state index contributed by atoms with van der Waals surface area (Å²) in [5.41, 5.74) is 10.1. The maximum Gasteiger partial charge on any atom is 0.247 e. The number of nitrogens with two attached hydrogens (primary N) is 2. The molecule has 1 fully saturated rings. The summed E-state index contributed by atoms with van der Waals surface area (Å²) in [7, 11) is 3.03. The van der Waals surface area contributed by atoms with Crippen molar-refractivity contribution >= 4 is 5.91 Å². The van der Waals surface area contributed by atoms with Crippen LogP contribution in [-0.4, -0.2) is 43.4 Å². The van der Waals surface area contributed by atoms with E-state index in [2.05, 4.69) is 22.9 Å². The lowest BCUT2D eigenvalue weighted by atomic mass is 9.66. The standard InChI is InChI=1S/C17H22N2O3.CH5N.H3N/c1-21-14(15(18)20)17(13-6-2-5-10-19-13)9-11-22-16(12-17)7-3-4-8-16;1-2;/h2-3,5-7,10,14H,4,8-9,11-12H2,1H3,(H2,18,20);2H2,1H3;1H3. The van der Waals surface area contributed by atoms with Crippen molar-refractivity contribution in [1.82, 2.24) is 11.1 Å². The van der Waals surface area contributed by atoms with Gasteiger partial charge in [-0.1, -0.05) is 18.2 Å². The topological polar surface area (TPSA) is 135 Å². The van der Waals surface area contributed by atoms with Gasteiger partial charge in [-0.15, -0.1) is 0 Å².